The van der Waals surface area contributed by atoms with Crippen LogP contribution < -0.4 is 14.8 Å². The Hall–Kier alpha value is -1.45. The molecular formula is C17H23N3O3S3. The zero-order valence-electron chi connectivity index (χ0n) is 15.3. The quantitative estimate of drug-likeness (QED) is 0.593. The van der Waals surface area contributed by atoms with E-state index in [0.29, 0.717) is 18.0 Å². The zero-order valence-corrected chi connectivity index (χ0v) is 17.7. The number of nitrogens with one attached hydrogen (secondary N) is 1. The number of benzene rings is 1. The lowest BCUT2D eigenvalue weighted by Gasteiger charge is -2.12. The van der Waals surface area contributed by atoms with Crippen LogP contribution in [0, 0.1) is 0 Å². The first-order valence-corrected chi connectivity index (χ1v) is 10.9. The van der Waals surface area contributed by atoms with Crippen molar-refractivity contribution in [3.8, 4) is 11.5 Å². The third kappa shape index (κ3) is 6.07. The average molecular weight is 414 g/mol. The predicted molar refractivity (Wildman–Crippen MR) is 108 cm³/mol. The van der Waals surface area contributed by atoms with Gasteiger partial charge >= 0.3 is 0 Å². The zero-order chi connectivity index (χ0) is 18.9. The van der Waals surface area contributed by atoms with Gasteiger partial charge in [-0.3, -0.25) is 4.79 Å². The number of amides is 1. The fourth-order valence-electron chi connectivity index (χ4n) is 2.02. The van der Waals surface area contributed by atoms with Gasteiger partial charge in [0.15, 0.2) is 20.2 Å². The lowest BCUT2D eigenvalue weighted by atomic mass is 10.2. The van der Waals surface area contributed by atoms with Crippen molar-refractivity contribution in [1.82, 2.24) is 15.5 Å². The van der Waals surface area contributed by atoms with Crippen molar-refractivity contribution >= 4 is 40.8 Å². The number of hydrogen-bond acceptors (Lipinski definition) is 8. The Bertz CT molecular complexity index is 724. The molecule has 0 spiro atoms. The second-order valence-corrected chi connectivity index (χ2v) is 9.26. The lowest BCUT2D eigenvalue weighted by Crippen LogP contribution is -2.30. The van der Waals surface area contributed by atoms with Gasteiger partial charge in [-0.2, -0.15) is 0 Å². The largest absolute Gasteiger partial charge is 0.493 e. The Morgan fingerprint density at radius 2 is 1.96 bits per heavy atom. The van der Waals surface area contributed by atoms with Crippen LogP contribution in [0.5, 0.6) is 11.5 Å². The molecule has 1 atom stereocenters. The molecule has 0 radical (unpaired) electrons. The topological polar surface area (TPSA) is 73.3 Å². The molecule has 0 aliphatic rings. The molecule has 0 saturated heterocycles. The number of thioether (sulfide) groups is 2. The lowest BCUT2D eigenvalue weighted by molar-refractivity contribution is -0.120. The normalized spacial score (nSPS) is 11.8. The van der Waals surface area contributed by atoms with Crippen LogP contribution in [0.3, 0.4) is 0 Å². The molecular weight excluding hydrogens is 390 g/mol. The Kier molecular flexibility index (Phi) is 8.53. The van der Waals surface area contributed by atoms with Crippen LogP contribution in [0.1, 0.15) is 25.8 Å². The molecule has 0 saturated carbocycles. The highest BCUT2D eigenvalue weighted by atomic mass is 32.2. The first kappa shape index (κ1) is 20.9. The van der Waals surface area contributed by atoms with Crippen molar-refractivity contribution in [2.45, 2.75) is 40.7 Å². The highest BCUT2D eigenvalue weighted by Crippen LogP contribution is 2.31. The molecule has 1 aromatic carbocycles. The van der Waals surface area contributed by atoms with Gasteiger partial charge in [-0.15, -0.1) is 10.2 Å². The summed E-state index contributed by atoms with van der Waals surface area (Å²) in [5.41, 5.74) is 0.947. The van der Waals surface area contributed by atoms with Gasteiger partial charge in [-0.25, -0.2) is 0 Å². The summed E-state index contributed by atoms with van der Waals surface area (Å²) in [6.07, 6.45) is 1.10. The monoisotopic (exact) mass is 413 g/mol. The molecule has 0 fully saturated rings. The predicted octanol–water partition coefficient (Wildman–Crippen LogP) is 3.85. The van der Waals surface area contributed by atoms with Gasteiger partial charge in [0.2, 0.25) is 5.91 Å². The smallest absolute Gasteiger partial charge is 0.233 e. The summed E-state index contributed by atoms with van der Waals surface area (Å²) in [4.78, 5) is 12.3. The third-order valence-corrected chi connectivity index (χ3v) is 6.83. The first-order chi connectivity index (χ1) is 12.6. The van der Waals surface area contributed by atoms with E-state index in [1.165, 1.54) is 23.1 Å². The molecule has 1 amide bonds. The van der Waals surface area contributed by atoms with Gasteiger partial charge in [0.1, 0.15) is 0 Å². The number of ether oxygens (including phenoxy) is 2. The molecule has 1 aromatic heterocycles. The van der Waals surface area contributed by atoms with Crippen LogP contribution in [0.25, 0.3) is 0 Å². The minimum absolute atomic E-state index is 0.0391. The summed E-state index contributed by atoms with van der Waals surface area (Å²) < 4.78 is 12.3. The number of methoxy groups -OCH3 is 2. The van der Waals surface area contributed by atoms with Crippen molar-refractivity contribution in [1.29, 1.82) is 0 Å². The van der Waals surface area contributed by atoms with Crippen LogP contribution in [-0.4, -0.2) is 41.3 Å². The average Bonchev–Trinajstić information content (AvgIpc) is 3.11. The Balaban J connectivity index is 1.86. The highest BCUT2D eigenvalue weighted by molar-refractivity contribution is 8.03. The molecule has 142 valence electrons. The van der Waals surface area contributed by atoms with Crippen molar-refractivity contribution < 1.29 is 14.3 Å². The van der Waals surface area contributed by atoms with E-state index in [4.69, 9.17) is 9.47 Å². The highest BCUT2D eigenvalue weighted by Gasteiger charge is 2.17. The van der Waals surface area contributed by atoms with E-state index in [2.05, 4.69) is 22.4 Å². The van der Waals surface area contributed by atoms with Crippen LogP contribution in [0.4, 0.5) is 0 Å². The minimum atomic E-state index is -0.243. The van der Waals surface area contributed by atoms with Crippen LogP contribution >= 0.6 is 34.9 Å². The van der Waals surface area contributed by atoms with E-state index in [1.54, 1.807) is 26.0 Å². The number of carbonyl (C=O) groups is 1. The van der Waals surface area contributed by atoms with Gasteiger partial charge in [0.05, 0.1) is 19.5 Å². The van der Waals surface area contributed by atoms with E-state index in [9.17, 15) is 4.79 Å². The Morgan fingerprint density at radius 3 is 2.65 bits per heavy atom. The summed E-state index contributed by atoms with van der Waals surface area (Å²) >= 11 is 4.66. The molecule has 9 heteroatoms. The SMILES string of the molecule is CCCSc1nnc(S[C@H](C)C(=O)NCc2ccc(OC)c(OC)c2)s1. The number of aromatic nitrogens is 2. The number of carbonyl (C=O) groups excluding carboxylic acids is 1. The van der Waals surface area contributed by atoms with E-state index in [1.807, 2.05) is 25.1 Å². The van der Waals surface area contributed by atoms with Gasteiger partial charge < -0.3 is 14.8 Å². The fourth-order valence-corrected chi connectivity index (χ4v) is 5.13. The molecule has 26 heavy (non-hydrogen) atoms. The van der Waals surface area contributed by atoms with E-state index >= 15 is 0 Å². The standard InChI is InChI=1S/C17H23N3O3S3/c1-5-8-24-16-19-20-17(26-16)25-11(2)15(21)18-10-12-6-7-13(22-3)14(9-12)23-4/h6-7,9,11H,5,8,10H2,1-4H3,(H,18,21)/t11-/m1/s1. The maximum absolute atomic E-state index is 12.3. The van der Waals surface area contributed by atoms with Crippen LogP contribution in [0.2, 0.25) is 0 Å². The second kappa shape index (κ2) is 10.6. The number of hydrogen-bond donors (Lipinski definition) is 1. The molecule has 0 bridgehead atoms. The fraction of sp³-hybridized carbons (Fsp3) is 0.471. The molecule has 0 aliphatic heterocycles. The number of rotatable bonds is 10. The van der Waals surface area contributed by atoms with E-state index < -0.39 is 0 Å². The molecule has 6 nitrogen and oxygen atoms in total. The summed E-state index contributed by atoms with van der Waals surface area (Å²) in [7, 11) is 3.19. The maximum atomic E-state index is 12.3. The summed E-state index contributed by atoms with van der Waals surface area (Å²) in [5.74, 6) is 2.30. The molecule has 1 N–H and O–H groups in total. The molecule has 2 aromatic rings. The third-order valence-electron chi connectivity index (χ3n) is 3.38. The summed E-state index contributed by atoms with van der Waals surface area (Å²) in [5, 5.41) is 11.0. The van der Waals surface area contributed by atoms with E-state index in [-0.39, 0.29) is 11.2 Å². The molecule has 0 unspecified atom stereocenters. The minimum Gasteiger partial charge on any atom is -0.493 e. The second-order valence-electron chi connectivity index (χ2n) is 5.35. The first-order valence-electron chi connectivity index (χ1n) is 8.19. The van der Waals surface area contributed by atoms with Crippen molar-refractivity contribution in [3.05, 3.63) is 23.8 Å². The van der Waals surface area contributed by atoms with Crippen LogP contribution in [0.15, 0.2) is 26.9 Å². The van der Waals surface area contributed by atoms with Gasteiger partial charge in [0, 0.05) is 12.3 Å². The molecule has 2 rings (SSSR count). The van der Waals surface area contributed by atoms with Gasteiger partial charge in [-0.05, 0) is 31.0 Å². The maximum Gasteiger partial charge on any atom is 0.233 e. The molecule has 1 heterocycles. The molecule has 0 aliphatic carbocycles. The summed E-state index contributed by atoms with van der Waals surface area (Å²) in [6.45, 7) is 4.43. The van der Waals surface area contributed by atoms with Gasteiger partial charge in [0.25, 0.3) is 0 Å². The Labute approximate surface area is 166 Å². The van der Waals surface area contributed by atoms with Crippen molar-refractivity contribution in [2.24, 2.45) is 0 Å². The van der Waals surface area contributed by atoms with Crippen molar-refractivity contribution in [2.75, 3.05) is 20.0 Å². The van der Waals surface area contributed by atoms with Gasteiger partial charge in [-0.1, -0.05) is 47.9 Å². The summed E-state index contributed by atoms with van der Waals surface area (Å²) in [6, 6.07) is 5.59. The van der Waals surface area contributed by atoms with E-state index in [0.717, 1.165) is 26.4 Å². The van der Waals surface area contributed by atoms with Crippen molar-refractivity contribution in [3.63, 3.8) is 0 Å². The Morgan fingerprint density at radius 1 is 1.23 bits per heavy atom. The number of nitrogens with zero attached hydrogens (tertiary/aromatic N) is 2. The van der Waals surface area contributed by atoms with Crippen LogP contribution in [-0.2, 0) is 11.3 Å².